The zero-order valence-corrected chi connectivity index (χ0v) is 12.1. The molecule has 0 saturated carbocycles. The number of pyridine rings is 1. The topological polar surface area (TPSA) is 30.2 Å². The molecule has 3 aromatic heterocycles. The SMILES string of the molecule is Cc1cc(C)cc(-c2nccc3c2nc2ccsn23)c1. The highest BCUT2D eigenvalue weighted by molar-refractivity contribution is 7.05. The predicted octanol–water partition coefficient (Wildman–Crippen LogP) is 4.23. The molecule has 1 aromatic carbocycles. The Bertz CT molecular complexity index is 913. The number of fused-ring (bicyclic) bond motifs is 3. The van der Waals surface area contributed by atoms with Crippen molar-refractivity contribution in [2.75, 3.05) is 0 Å². The molecule has 0 aliphatic heterocycles. The van der Waals surface area contributed by atoms with Crippen LogP contribution in [0.2, 0.25) is 0 Å². The molecule has 3 heterocycles. The zero-order valence-electron chi connectivity index (χ0n) is 11.3. The molecule has 0 saturated heterocycles. The number of aromatic nitrogens is 3. The molecule has 0 N–H and O–H groups in total. The van der Waals surface area contributed by atoms with Crippen LogP contribution < -0.4 is 0 Å². The average molecular weight is 279 g/mol. The Morgan fingerprint density at radius 1 is 1.05 bits per heavy atom. The normalized spacial score (nSPS) is 11.5. The molecular weight excluding hydrogens is 266 g/mol. The number of rotatable bonds is 1. The van der Waals surface area contributed by atoms with E-state index in [1.54, 1.807) is 11.5 Å². The van der Waals surface area contributed by atoms with Gasteiger partial charge in [-0.3, -0.25) is 4.98 Å². The molecule has 4 heteroatoms. The molecular formula is C16H13N3S. The van der Waals surface area contributed by atoms with Crippen molar-refractivity contribution in [3.05, 3.63) is 53.0 Å². The number of hydrogen-bond donors (Lipinski definition) is 0. The highest BCUT2D eigenvalue weighted by atomic mass is 32.1. The molecule has 0 unspecified atom stereocenters. The van der Waals surface area contributed by atoms with Gasteiger partial charge in [-0.15, -0.1) is 0 Å². The third-order valence-corrected chi connectivity index (χ3v) is 4.29. The van der Waals surface area contributed by atoms with E-state index < -0.39 is 0 Å². The third-order valence-electron chi connectivity index (χ3n) is 3.43. The lowest BCUT2D eigenvalue weighted by Crippen LogP contribution is -1.88. The van der Waals surface area contributed by atoms with Crippen LogP contribution in [0.25, 0.3) is 27.9 Å². The summed E-state index contributed by atoms with van der Waals surface area (Å²) in [6, 6.07) is 10.6. The van der Waals surface area contributed by atoms with E-state index in [9.17, 15) is 0 Å². The fourth-order valence-electron chi connectivity index (χ4n) is 2.69. The van der Waals surface area contributed by atoms with Gasteiger partial charge in [0.15, 0.2) is 0 Å². The Labute approximate surface area is 120 Å². The maximum absolute atomic E-state index is 4.72. The molecule has 0 aliphatic carbocycles. The van der Waals surface area contributed by atoms with Crippen molar-refractivity contribution in [2.24, 2.45) is 0 Å². The summed E-state index contributed by atoms with van der Waals surface area (Å²) in [6.07, 6.45) is 1.86. The van der Waals surface area contributed by atoms with Gasteiger partial charge in [-0.1, -0.05) is 28.7 Å². The molecule has 0 bridgehead atoms. The van der Waals surface area contributed by atoms with Crippen LogP contribution in [0.3, 0.4) is 0 Å². The zero-order chi connectivity index (χ0) is 13.7. The number of aryl methyl sites for hydroxylation is 2. The predicted molar refractivity (Wildman–Crippen MR) is 83.3 cm³/mol. The smallest absolute Gasteiger partial charge is 0.148 e. The van der Waals surface area contributed by atoms with E-state index in [4.69, 9.17) is 4.98 Å². The van der Waals surface area contributed by atoms with E-state index in [-0.39, 0.29) is 0 Å². The quantitative estimate of drug-likeness (QED) is 0.522. The minimum absolute atomic E-state index is 0.963. The van der Waals surface area contributed by atoms with Gasteiger partial charge in [0.1, 0.15) is 11.2 Å². The van der Waals surface area contributed by atoms with E-state index in [0.717, 1.165) is 27.9 Å². The summed E-state index contributed by atoms with van der Waals surface area (Å²) in [5.74, 6) is 0. The van der Waals surface area contributed by atoms with E-state index in [0.29, 0.717) is 0 Å². The van der Waals surface area contributed by atoms with E-state index in [1.807, 2.05) is 18.3 Å². The maximum Gasteiger partial charge on any atom is 0.148 e. The molecule has 0 radical (unpaired) electrons. The van der Waals surface area contributed by atoms with Gasteiger partial charge in [-0.25, -0.2) is 8.77 Å². The minimum Gasteiger partial charge on any atom is -0.254 e. The molecule has 4 aromatic rings. The molecule has 0 fully saturated rings. The first-order chi connectivity index (χ1) is 9.72. The van der Waals surface area contributed by atoms with Crippen molar-refractivity contribution in [1.29, 1.82) is 0 Å². The second kappa shape index (κ2) is 4.15. The largest absolute Gasteiger partial charge is 0.254 e. The third kappa shape index (κ3) is 1.65. The van der Waals surface area contributed by atoms with Crippen LogP contribution in [0.1, 0.15) is 11.1 Å². The molecule has 0 aliphatic rings. The summed E-state index contributed by atoms with van der Waals surface area (Å²) in [5, 5.41) is 2.05. The fraction of sp³-hybridized carbons (Fsp3) is 0.125. The number of nitrogens with zero attached hydrogens (tertiary/aromatic N) is 3. The van der Waals surface area contributed by atoms with Crippen molar-refractivity contribution in [1.82, 2.24) is 13.8 Å². The van der Waals surface area contributed by atoms with Crippen molar-refractivity contribution < 1.29 is 0 Å². The first-order valence-corrected chi connectivity index (χ1v) is 7.36. The van der Waals surface area contributed by atoms with Gasteiger partial charge in [0.2, 0.25) is 0 Å². The standard InChI is InChI=1S/C16H13N3S/c1-10-7-11(2)9-12(8-10)15-16-13(3-5-17-15)19-14(18-16)4-6-20-19/h3-9H,1-2H3. The van der Waals surface area contributed by atoms with Gasteiger partial charge < -0.3 is 0 Å². The Morgan fingerprint density at radius 3 is 2.65 bits per heavy atom. The van der Waals surface area contributed by atoms with Crippen LogP contribution in [0.5, 0.6) is 0 Å². The van der Waals surface area contributed by atoms with Crippen molar-refractivity contribution >= 4 is 28.2 Å². The molecule has 3 nitrogen and oxygen atoms in total. The maximum atomic E-state index is 4.72. The molecule has 0 spiro atoms. The van der Waals surface area contributed by atoms with Crippen LogP contribution in [0, 0.1) is 13.8 Å². The van der Waals surface area contributed by atoms with Crippen molar-refractivity contribution in [3.8, 4) is 11.3 Å². The summed E-state index contributed by atoms with van der Waals surface area (Å²) >= 11 is 1.66. The van der Waals surface area contributed by atoms with Crippen LogP contribution in [0.15, 0.2) is 41.9 Å². The first-order valence-electron chi connectivity index (χ1n) is 6.52. The molecule has 0 amide bonds. The summed E-state index contributed by atoms with van der Waals surface area (Å²) in [7, 11) is 0. The number of hydrogen-bond acceptors (Lipinski definition) is 3. The van der Waals surface area contributed by atoms with Crippen LogP contribution in [-0.4, -0.2) is 13.8 Å². The Balaban J connectivity index is 2.08. The highest BCUT2D eigenvalue weighted by Gasteiger charge is 2.12. The Morgan fingerprint density at radius 2 is 1.85 bits per heavy atom. The van der Waals surface area contributed by atoms with Crippen LogP contribution in [-0.2, 0) is 0 Å². The van der Waals surface area contributed by atoms with Gasteiger partial charge in [-0.2, -0.15) is 0 Å². The summed E-state index contributed by atoms with van der Waals surface area (Å²) in [5.41, 5.74) is 7.69. The van der Waals surface area contributed by atoms with Gasteiger partial charge in [-0.05, 0) is 38.1 Å². The summed E-state index contributed by atoms with van der Waals surface area (Å²) in [6.45, 7) is 4.23. The molecule has 4 rings (SSSR count). The fourth-order valence-corrected chi connectivity index (χ4v) is 3.47. The first kappa shape index (κ1) is 11.6. The van der Waals surface area contributed by atoms with Gasteiger partial charge in [0.25, 0.3) is 0 Å². The van der Waals surface area contributed by atoms with Gasteiger partial charge in [0.05, 0.1) is 11.2 Å². The van der Waals surface area contributed by atoms with Crippen molar-refractivity contribution in [2.45, 2.75) is 13.8 Å². The molecule has 0 atom stereocenters. The number of imidazole rings is 1. The second-order valence-electron chi connectivity index (χ2n) is 5.08. The van der Waals surface area contributed by atoms with Crippen LogP contribution in [0.4, 0.5) is 0 Å². The lowest BCUT2D eigenvalue weighted by Gasteiger charge is -2.05. The van der Waals surface area contributed by atoms with Gasteiger partial charge >= 0.3 is 0 Å². The van der Waals surface area contributed by atoms with E-state index in [2.05, 4.69) is 46.2 Å². The number of benzene rings is 1. The van der Waals surface area contributed by atoms with Crippen molar-refractivity contribution in [3.63, 3.8) is 0 Å². The minimum atomic E-state index is 0.963. The average Bonchev–Trinajstić information content (AvgIpc) is 2.97. The molecule has 98 valence electrons. The lowest BCUT2D eigenvalue weighted by molar-refractivity contribution is 1.31. The van der Waals surface area contributed by atoms with E-state index >= 15 is 0 Å². The summed E-state index contributed by atoms with van der Waals surface area (Å²) in [4.78, 5) is 9.28. The lowest BCUT2D eigenvalue weighted by atomic mass is 10.0. The van der Waals surface area contributed by atoms with Crippen LogP contribution >= 0.6 is 11.5 Å². The van der Waals surface area contributed by atoms with Gasteiger partial charge in [0, 0.05) is 17.1 Å². The Hall–Kier alpha value is -2.20. The Kier molecular flexibility index (Phi) is 2.41. The van der Waals surface area contributed by atoms with E-state index in [1.165, 1.54) is 11.1 Å². The highest BCUT2D eigenvalue weighted by Crippen LogP contribution is 2.29. The monoisotopic (exact) mass is 279 g/mol. The summed E-state index contributed by atoms with van der Waals surface area (Å²) < 4.78 is 2.14. The second-order valence-corrected chi connectivity index (χ2v) is 5.92. The molecule has 20 heavy (non-hydrogen) atoms.